The maximum absolute atomic E-state index is 11.2. The van der Waals surface area contributed by atoms with Crippen molar-refractivity contribution in [2.45, 2.75) is 12.8 Å². The monoisotopic (exact) mass is 74.1 g/mol. The molecule has 1 fully saturated rings. The fourth-order valence-electron chi connectivity index (χ4n) is 0.272. The number of hydrogen-bond donors (Lipinski definition) is 0. The van der Waals surface area contributed by atoms with E-state index < -0.39 is 0 Å². The van der Waals surface area contributed by atoms with Gasteiger partial charge in [0.25, 0.3) is 0 Å². The van der Waals surface area contributed by atoms with Crippen molar-refractivity contribution in [1.82, 2.24) is 0 Å². The molecule has 0 amide bonds. The van der Waals surface area contributed by atoms with E-state index in [1.807, 2.05) is 0 Å². The van der Waals surface area contributed by atoms with Crippen molar-refractivity contribution < 1.29 is 4.39 Å². The molecule has 0 radical (unpaired) electrons. The lowest BCUT2D eigenvalue weighted by atomic mass is 10.5. The maximum atomic E-state index is 11.2. The third-order valence-corrected chi connectivity index (χ3v) is 0.915. The van der Waals surface area contributed by atoms with Crippen LogP contribution in [0.2, 0.25) is 0 Å². The van der Waals surface area contributed by atoms with E-state index in [2.05, 4.69) is 0 Å². The summed E-state index contributed by atoms with van der Waals surface area (Å²) in [7, 11) is 0. The summed E-state index contributed by atoms with van der Waals surface area (Å²) in [5.41, 5.74) is 0. The highest BCUT2D eigenvalue weighted by atomic mass is 19.1. The molecule has 0 nitrogen and oxygen atoms in total. The van der Waals surface area contributed by atoms with Gasteiger partial charge in [-0.05, 0) is 18.8 Å². The van der Waals surface area contributed by atoms with Gasteiger partial charge in [-0.25, -0.2) is 0 Å². The number of alkyl halides is 1. The van der Waals surface area contributed by atoms with Crippen molar-refractivity contribution in [3.63, 3.8) is 0 Å². The first-order chi connectivity index (χ1) is 2.43. The zero-order valence-electron chi connectivity index (χ0n) is 3.08. The predicted molar refractivity (Wildman–Crippen MR) is 18.7 cm³/mol. The quantitative estimate of drug-likeness (QED) is 0.440. The van der Waals surface area contributed by atoms with E-state index in [4.69, 9.17) is 0 Å². The second-order valence-corrected chi connectivity index (χ2v) is 1.60. The Bertz CT molecular complexity index is 30.6. The molecule has 0 atom stereocenters. The summed E-state index contributed by atoms with van der Waals surface area (Å²) >= 11 is 0. The molecule has 1 saturated carbocycles. The van der Waals surface area contributed by atoms with E-state index in [-0.39, 0.29) is 6.67 Å². The summed E-state index contributed by atoms with van der Waals surface area (Å²) in [6.45, 7) is -0.0833. The lowest BCUT2D eigenvalue weighted by molar-refractivity contribution is 0.458. The highest BCUT2D eigenvalue weighted by Gasteiger charge is 2.19. The normalized spacial score (nSPS) is 23.4. The fourth-order valence-corrected chi connectivity index (χ4v) is 0.272. The average molecular weight is 74.1 g/mol. The Morgan fingerprint density at radius 2 is 2.20 bits per heavy atom. The Kier molecular flexibility index (Phi) is 0.601. The van der Waals surface area contributed by atoms with Crippen LogP contribution in [0, 0.1) is 5.92 Å². The molecule has 0 bridgehead atoms. The highest BCUT2D eigenvalue weighted by Crippen LogP contribution is 2.28. The first-order valence-corrected chi connectivity index (χ1v) is 1.99. The summed E-state index contributed by atoms with van der Waals surface area (Å²) < 4.78 is 11.2. The first kappa shape index (κ1) is 3.13. The van der Waals surface area contributed by atoms with Gasteiger partial charge in [-0.15, -0.1) is 0 Å². The van der Waals surface area contributed by atoms with E-state index in [0.717, 1.165) is 12.8 Å². The van der Waals surface area contributed by atoms with Gasteiger partial charge in [0.05, 0.1) is 6.67 Å². The molecule has 0 unspecified atom stereocenters. The van der Waals surface area contributed by atoms with Crippen molar-refractivity contribution in [2.75, 3.05) is 6.67 Å². The largest absolute Gasteiger partial charge is 0.251 e. The van der Waals surface area contributed by atoms with Crippen molar-refractivity contribution in [3.05, 3.63) is 0 Å². The molecule has 30 valence electrons. The topological polar surface area (TPSA) is 0 Å². The molecule has 0 aliphatic heterocycles. The summed E-state index contributed by atoms with van der Waals surface area (Å²) in [6.07, 6.45) is 2.27. The fraction of sp³-hybridized carbons (Fsp3) is 1.00. The van der Waals surface area contributed by atoms with Gasteiger partial charge in [-0.2, -0.15) is 0 Å². The van der Waals surface area contributed by atoms with Crippen molar-refractivity contribution in [2.24, 2.45) is 5.92 Å². The standard InChI is InChI=1S/C4H7F/c5-3-4-1-2-4/h4H,1-3H2. The first-order valence-electron chi connectivity index (χ1n) is 1.99. The van der Waals surface area contributed by atoms with Crippen LogP contribution in [0.25, 0.3) is 0 Å². The minimum atomic E-state index is -0.0833. The Hall–Kier alpha value is -0.0700. The lowest BCUT2D eigenvalue weighted by Gasteiger charge is -1.69. The molecule has 0 aromatic heterocycles. The molecule has 0 heterocycles. The molecule has 0 saturated heterocycles. The molecule has 1 heteroatoms. The van der Waals surface area contributed by atoms with Crippen molar-refractivity contribution >= 4 is 0 Å². The van der Waals surface area contributed by atoms with E-state index in [0.29, 0.717) is 5.92 Å². The van der Waals surface area contributed by atoms with Gasteiger partial charge >= 0.3 is 0 Å². The van der Waals surface area contributed by atoms with Gasteiger partial charge in [-0.1, -0.05) is 0 Å². The molecular weight excluding hydrogens is 67.0 g/mol. The predicted octanol–water partition coefficient (Wildman–Crippen LogP) is 1.37. The van der Waals surface area contributed by atoms with Crippen LogP contribution in [0.1, 0.15) is 12.8 Å². The molecule has 1 aliphatic carbocycles. The third kappa shape index (κ3) is 0.602. The highest BCUT2D eigenvalue weighted by molar-refractivity contribution is 4.70. The number of rotatable bonds is 1. The van der Waals surface area contributed by atoms with E-state index in [9.17, 15) is 4.39 Å². The zero-order chi connectivity index (χ0) is 3.70. The molecule has 0 spiro atoms. The average Bonchev–Trinajstić information content (AvgIpc) is 2.12. The van der Waals surface area contributed by atoms with E-state index >= 15 is 0 Å². The van der Waals surface area contributed by atoms with Crippen LogP contribution in [0.4, 0.5) is 4.39 Å². The van der Waals surface area contributed by atoms with Crippen LogP contribution in [0.15, 0.2) is 0 Å². The zero-order valence-corrected chi connectivity index (χ0v) is 3.08. The van der Waals surface area contributed by atoms with Crippen molar-refractivity contribution in [3.8, 4) is 0 Å². The third-order valence-electron chi connectivity index (χ3n) is 0.915. The summed E-state index contributed by atoms with van der Waals surface area (Å²) in [6, 6.07) is 0. The van der Waals surface area contributed by atoms with E-state index in [1.165, 1.54) is 0 Å². The molecule has 5 heavy (non-hydrogen) atoms. The Morgan fingerprint density at radius 1 is 1.60 bits per heavy atom. The Balaban J connectivity index is 2.00. The van der Waals surface area contributed by atoms with Gasteiger partial charge in [0.15, 0.2) is 0 Å². The maximum Gasteiger partial charge on any atom is 0.0922 e. The Morgan fingerprint density at radius 3 is 2.20 bits per heavy atom. The lowest BCUT2D eigenvalue weighted by Crippen LogP contribution is -1.69. The molecule has 0 aromatic rings. The van der Waals surface area contributed by atoms with Gasteiger partial charge in [-0.3, -0.25) is 4.39 Å². The molecule has 1 aliphatic rings. The summed E-state index contributed by atoms with van der Waals surface area (Å²) in [4.78, 5) is 0. The van der Waals surface area contributed by atoms with Crippen LogP contribution >= 0.6 is 0 Å². The second kappa shape index (κ2) is 0.959. The number of hydrogen-bond acceptors (Lipinski definition) is 0. The summed E-state index contributed by atoms with van der Waals surface area (Å²) in [5.74, 6) is 0.468. The van der Waals surface area contributed by atoms with Crippen molar-refractivity contribution in [1.29, 1.82) is 0 Å². The van der Waals surface area contributed by atoms with Crippen LogP contribution in [-0.2, 0) is 0 Å². The SMILES string of the molecule is FCC1CC1. The van der Waals surface area contributed by atoms with Crippen LogP contribution in [0.3, 0.4) is 0 Å². The summed E-state index contributed by atoms with van der Waals surface area (Å²) in [5, 5.41) is 0. The molecular formula is C4H7F. The minimum absolute atomic E-state index is 0.0833. The number of halogens is 1. The van der Waals surface area contributed by atoms with Gasteiger partial charge in [0.1, 0.15) is 0 Å². The molecule has 0 aromatic carbocycles. The van der Waals surface area contributed by atoms with Crippen LogP contribution < -0.4 is 0 Å². The van der Waals surface area contributed by atoms with Gasteiger partial charge in [0, 0.05) is 0 Å². The second-order valence-electron chi connectivity index (χ2n) is 1.60. The smallest absolute Gasteiger partial charge is 0.0922 e. The van der Waals surface area contributed by atoms with Gasteiger partial charge < -0.3 is 0 Å². The van der Waals surface area contributed by atoms with Crippen LogP contribution in [0.5, 0.6) is 0 Å². The van der Waals surface area contributed by atoms with Gasteiger partial charge in [0.2, 0.25) is 0 Å². The molecule has 0 N–H and O–H groups in total. The minimum Gasteiger partial charge on any atom is -0.251 e. The molecule has 1 rings (SSSR count). The Labute approximate surface area is 31.0 Å². The van der Waals surface area contributed by atoms with E-state index in [1.54, 1.807) is 0 Å². The van der Waals surface area contributed by atoms with Crippen LogP contribution in [-0.4, -0.2) is 6.67 Å².